The van der Waals surface area contributed by atoms with Gasteiger partial charge in [0.1, 0.15) is 17.3 Å². The first-order valence-corrected chi connectivity index (χ1v) is 10.7. The van der Waals surface area contributed by atoms with Crippen LogP contribution in [-0.2, 0) is 6.54 Å². The number of ketones is 1. The predicted octanol–water partition coefficient (Wildman–Crippen LogP) is 5.86. The predicted molar refractivity (Wildman–Crippen MR) is 117 cm³/mol. The van der Waals surface area contributed by atoms with E-state index < -0.39 is 0 Å². The molecule has 1 aliphatic rings. The molecule has 1 aliphatic heterocycles. The number of rotatable bonds is 9. The van der Waals surface area contributed by atoms with Crippen molar-refractivity contribution in [3.63, 3.8) is 0 Å². The van der Waals surface area contributed by atoms with Crippen molar-refractivity contribution in [2.24, 2.45) is 0 Å². The summed E-state index contributed by atoms with van der Waals surface area (Å²) in [4.78, 5) is 15.3. The van der Waals surface area contributed by atoms with Gasteiger partial charge in [-0.3, -0.25) is 9.69 Å². The summed E-state index contributed by atoms with van der Waals surface area (Å²) in [5.74, 6) is 0.257. The van der Waals surface area contributed by atoms with Gasteiger partial charge in [-0.2, -0.15) is 0 Å². The van der Waals surface area contributed by atoms with E-state index in [0.29, 0.717) is 34.5 Å². The van der Waals surface area contributed by atoms with E-state index in [-0.39, 0.29) is 23.1 Å². The van der Waals surface area contributed by atoms with Crippen molar-refractivity contribution in [2.45, 2.75) is 53.0 Å². The molecule has 0 aliphatic carbocycles. The number of phenolic OH excluding ortho intramolecular Hbond substituents is 1. The van der Waals surface area contributed by atoms with E-state index in [2.05, 4.69) is 18.7 Å². The fourth-order valence-electron chi connectivity index (χ4n) is 3.70. The highest BCUT2D eigenvalue weighted by Gasteiger charge is 2.33. The Balaban J connectivity index is 1.94. The van der Waals surface area contributed by atoms with Crippen molar-refractivity contribution in [3.8, 4) is 11.5 Å². The molecule has 0 fully saturated rings. The number of ether oxygens (including phenoxy) is 1. The van der Waals surface area contributed by atoms with Crippen LogP contribution in [0.25, 0.3) is 6.08 Å². The molecule has 3 rings (SSSR count). The minimum absolute atomic E-state index is 0.153. The number of fused-ring (bicyclic) bond motifs is 1. The maximum atomic E-state index is 13.2. The molecule has 0 amide bonds. The van der Waals surface area contributed by atoms with E-state index >= 15 is 0 Å². The van der Waals surface area contributed by atoms with Crippen LogP contribution in [0.4, 0.5) is 4.39 Å². The summed E-state index contributed by atoms with van der Waals surface area (Å²) in [6.07, 6.45) is 5.97. The summed E-state index contributed by atoms with van der Waals surface area (Å²) in [6, 6.07) is 7.55. The van der Waals surface area contributed by atoms with E-state index in [9.17, 15) is 14.3 Å². The summed E-state index contributed by atoms with van der Waals surface area (Å²) < 4.78 is 19.2. The summed E-state index contributed by atoms with van der Waals surface area (Å²) in [7, 11) is 0. The van der Waals surface area contributed by atoms with Gasteiger partial charge in [-0.1, -0.05) is 38.8 Å². The molecular formula is C25H30FNO3. The van der Waals surface area contributed by atoms with Crippen LogP contribution in [0, 0.1) is 12.7 Å². The molecule has 0 radical (unpaired) electrons. The van der Waals surface area contributed by atoms with E-state index in [4.69, 9.17) is 4.74 Å². The largest absolute Gasteiger partial charge is 0.507 e. The first-order chi connectivity index (χ1) is 14.4. The number of carbonyl (C=O) groups is 1. The Bertz CT molecular complexity index is 926. The maximum absolute atomic E-state index is 13.2. The number of hydrogen-bond donors (Lipinski definition) is 1. The quantitative estimate of drug-likeness (QED) is 0.525. The minimum Gasteiger partial charge on any atom is -0.507 e. The van der Waals surface area contributed by atoms with Crippen molar-refractivity contribution in [3.05, 3.63) is 64.2 Å². The van der Waals surface area contributed by atoms with Crippen molar-refractivity contribution in [2.75, 3.05) is 13.1 Å². The summed E-state index contributed by atoms with van der Waals surface area (Å²) in [5.41, 5.74) is 2.52. The molecule has 0 aromatic heterocycles. The highest BCUT2D eigenvalue weighted by Crippen LogP contribution is 2.42. The summed E-state index contributed by atoms with van der Waals surface area (Å²) in [6.45, 7) is 8.53. The van der Waals surface area contributed by atoms with Gasteiger partial charge in [0.25, 0.3) is 0 Å². The highest BCUT2D eigenvalue weighted by molar-refractivity contribution is 6.15. The van der Waals surface area contributed by atoms with E-state index in [1.54, 1.807) is 31.2 Å². The molecule has 160 valence electrons. The number of carbonyl (C=O) groups excluding carboxylic acids is 1. The number of halogens is 1. The molecule has 1 heterocycles. The SMILES string of the molecule is CCCCN(CCCC)Cc1c(O)cc(C)c2c1O/C(=C/c1ccc(F)cc1)C2=O. The normalized spacial score (nSPS) is 14.4. The second kappa shape index (κ2) is 9.90. The third-order valence-corrected chi connectivity index (χ3v) is 5.43. The lowest BCUT2D eigenvalue weighted by Gasteiger charge is -2.23. The summed E-state index contributed by atoms with van der Waals surface area (Å²) >= 11 is 0. The molecule has 5 heteroatoms. The topological polar surface area (TPSA) is 49.8 Å². The Morgan fingerprint density at radius 1 is 1.10 bits per heavy atom. The number of allylic oxidation sites excluding steroid dienone is 1. The molecule has 0 saturated heterocycles. The van der Waals surface area contributed by atoms with Crippen LogP contribution in [0.1, 0.15) is 66.6 Å². The van der Waals surface area contributed by atoms with Gasteiger partial charge in [0.2, 0.25) is 5.78 Å². The lowest BCUT2D eigenvalue weighted by Crippen LogP contribution is -2.26. The van der Waals surface area contributed by atoms with Crippen LogP contribution in [0.2, 0.25) is 0 Å². The van der Waals surface area contributed by atoms with Gasteiger partial charge in [-0.25, -0.2) is 4.39 Å². The standard InChI is InChI=1S/C25H30FNO3/c1-4-6-12-27(13-7-5-2)16-20-21(28)14-17(3)23-24(29)22(30-25(20)23)15-18-8-10-19(26)11-9-18/h8-11,14-15,28H,4-7,12-13,16H2,1-3H3/b22-15+. The number of aryl methyl sites for hydroxylation is 1. The molecule has 0 atom stereocenters. The van der Waals surface area contributed by atoms with Gasteiger partial charge in [-0.05, 0) is 68.3 Å². The number of nitrogens with zero attached hydrogens (tertiary/aromatic N) is 1. The molecule has 4 nitrogen and oxygen atoms in total. The first kappa shape index (κ1) is 22.0. The zero-order chi connectivity index (χ0) is 21.7. The Morgan fingerprint density at radius 2 is 1.73 bits per heavy atom. The summed E-state index contributed by atoms with van der Waals surface area (Å²) in [5, 5.41) is 10.7. The zero-order valence-electron chi connectivity index (χ0n) is 18.0. The lowest BCUT2D eigenvalue weighted by atomic mass is 9.99. The second-order valence-electron chi connectivity index (χ2n) is 7.87. The van der Waals surface area contributed by atoms with E-state index in [1.165, 1.54) is 12.1 Å². The molecular weight excluding hydrogens is 381 g/mol. The average Bonchev–Trinajstić information content (AvgIpc) is 3.04. The third kappa shape index (κ3) is 4.90. The molecule has 30 heavy (non-hydrogen) atoms. The number of benzene rings is 2. The van der Waals surface area contributed by atoms with Crippen LogP contribution in [0.15, 0.2) is 36.1 Å². The third-order valence-electron chi connectivity index (χ3n) is 5.43. The molecule has 1 N–H and O–H groups in total. The maximum Gasteiger partial charge on any atom is 0.232 e. The minimum atomic E-state index is -0.332. The number of hydrogen-bond acceptors (Lipinski definition) is 4. The molecule has 0 spiro atoms. The fourth-order valence-corrected chi connectivity index (χ4v) is 3.70. The van der Waals surface area contributed by atoms with Crippen LogP contribution >= 0.6 is 0 Å². The van der Waals surface area contributed by atoms with Crippen molar-refractivity contribution < 1.29 is 19.0 Å². The van der Waals surface area contributed by atoms with Crippen molar-refractivity contribution >= 4 is 11.9 Å². The Kier molecular flexibility index (Phi) is 7.27. The smallest absolute Gasteiger partial charge is 0.232 e. The first-order valence-electron chi connectivity index (χ1n) is 10.7. The fraction of sp³-hybridized carbons (Fsp3) is 0.400. The van der Waals surface area contributed by atoms with E-state index in [1.807, 2.05) is 0 Å². The van der Waals surface area contributed by atoms with Crippen LogP contribution in [-0.4, -0.2) is 28.9 Å². The van der Waals surface area contributed by atoms with Gasteiger partial charge in [0, 0.05) is 6.54 Å². The van der Waals surface area contributed by atoms with Gasteiger partial charge in [-0.15, -0.1) is 0 Å². The van der Waals surface area contributed by atoms with Gasteiger partial charge >= 0.3 is 0 Å². The van der Waals surface area contributed by atoms with Gasteiger partial charge < -0.3 is 9.84 Å². The Hall–Kier alpha value is -2.66. The molecule has 0 saturated carbocycles. The van der Waals surface area contributed by atoms with Crippen LogP contribution in [0.3, 0.4) is 0 Å². The second-order valence-corrected chi connectivity index (χ2v) is 7.87. The molecule has 0 unspecified atom stereocenters. The zero-order valence-corrected chi connectivity index (χ0v) is 18.0. The van der Waals surface area contributed by atoms with E-state index in [0.717, 1.165) is 38.8 Å². The molecule has 2 aromatic rings. The number of Topliss-reactive ketones (excluding diaryl/α,β-unsaturated/α-hetero) is 1. The monoisotopic (exact) mass is 411 g/mol. The highest BCUT2D eigenvalue weighted by atomic mass is 19.1. The molecule has 2 aromatic carbocycles. The number of unbranched alkanes of at least 4 members (excludes halogenated alkanes) is 2. The van der Waals surface area contributed by atoms with Crippen molar-refractivity contribution in [1.29, 1.82) is 0 Å². The Labute approximate surface area is 178 Å². The van der Waals surface area contributed by atoms with Crippen LogP contribution in [0.5, 0.6) is 11.5 Å². The van der Waals surface area contributed by atoms with Crippen molar-refractivity contribution in [1.82, 2.24) is 4.90 Å². The number of phenols is 1. The lowest BCUT2D eigenvalue weighted by molar-refractivity contribution is 0.101. The van der Waals surface area contributed by atoms with Crippen LogP contribution < -0.4 is 4.74 Å². The van der Waals surface area contributed by atoms with Gasteiger partial charge in [0.15, 0.2) is 5.76 Å². The number of aromatic hydroxyl groups is 1. The molecule has 0 bridgehead atoms. The Morgan fingerprint density at radius 3 is 2.33 bits per heavy atom. The average molecular weight is 412 g/mol. The van der Waals surface area contributed by atoms with Gasteiger partial charge in [0.05, 0.1) is 11.1 Å².